The normalized spacial score (nSPS) is 20.1. The summed E-state index contributed by atoms with van der Waals surface area (Å²) in [6.07, 6.45) is 2.71. The predicted octanol–water partition coefficient (Wildman–Crippen LogP) is 1.69. The summed E-state index contributed by atoms with van der Waals surface area (Å²) in [5, 5.41) is 2.81. The molecule has 1 amide bonds. The first kappa shape index (κ1) is 16.7. The molecule has 0 bridgehead atoms. The largest absolute Gasteiger partial charge is 0.356 e. The van der Waals surface area contributed by atoms with E-state index >= 15 is 0 Å². The minimum atomic E-state index is -2.91. The zero-order chi connectivity index (χ0) is 16.3. The van der Waals surface area contributed by atoms with E-state index in [0.717, 1.165) is 0 Å². The van der Waals surface area contributed by atoms with Crippen LogP contribution >= 0.6 is 0 Å². The van der Waals surface area contributed by atoms with Crippen molar-refractivity contribution in [3.63, 3.8) is 0 Å². The van der Waals surface area contributed by atoms with Gasteiger partial charge in [0.2, 0.25) is 5.91 Å². The van der Waals surface area contributed by atoms with Gasteiger partial charge in [-0.25, -0.2) is 13.4 Å². The molecule has 1 unspecified atom stereocenters. The van der Waals surface area contributed by atoms with Gasteiger partial charge in [-0.3, -0.25) is 4.79 Å². The summed E-state index contributed by atoms with van der Waals surface area (Å²) < 4.78 is 23.1. The molecule has 2 heterocycles. The molecule has 1 N–H and O–H groups in total. The van der Waals surface area contributed by atoms with E-state index in [0.29, 0.717) is 30.3 Å². The van der Waals surface area contributed by atoms with Crippen molar-refractivity contribution in [2.24, 2.45) is 5.92 Å². The van der Waals surface area contributed by atoms with Crippen molar-refractivity contribution >= 4 is 27.2 Å². The molecule has 0 aliphatic carbocycles. The van der Waals surface area contributed by atoms with Gasteiger partial charge in [-0.05, 0) is 24.5 Å². The van der Waals surface area contributed by atoms with Gasteiger partial charge in [-0.15, -0.1) is 0 Å². The van der Waals surface area contributed by atoms with Crippen LogP contribution in [0.3, 0.4) is 0 Å². The van der Waals surface area contributed by atoms with Crippen LogP contribution in [0.15, 0.2) is 18.3 Å². The Bertz CT molecular complexity index is 626. The minimum Gasteiger partial charge on any atom is -0.356 e. The Balaban J connectivity index is 1.98. The molecule has 22 heavy (non-hydrogen) atoms. The number of nitrogens with zero attached hydrogens (tertiary/aromatic N) is 2. The fourth-order valence-corrected chi connectivity index (χ4v) is 4.29. The Labute approximate surface area is 131 Å². The summed E-state index contributed by atoms with van der Waals surface area (Å²) in [4.78, 5) is 17.9. The zero-order valence-corrected chi connectivity index (χ0v) is 14.1. The second kappa shape index (κ2) is 6.64. The standard InChI is InChI=1S/C15H23N3O3S/c1-11(2)8-15(19)17-12-4-5-14(16-9-12)18(3)13-6-7-22(20,21)10-13/h4-5,9,11,13H,6-8,10H2,1-3H3,(H,17,19). The monoisotopic (exact) mass is 325 g/mol. The lowest BCUT2D eigenvalue weighted by atomic mass is 10.1. The highest BCUT2D eigenvalue weighted by Crippen LogP contribution is 2.22. The van der Waals surface area contributed by atoms with Gasteiger partial charge in [0, 0.05) is 19.5 Å². The highest BCUT2D eigenvalue weighted by atomic mass is 32.2. The van der Waals surface area contributed by atoms with Crippen LogP contribution in [0.4, 0.5) is 11.5 Å². The molecule has 0 saturated carbocycles. The molecule has 1 aliphatic rings. The maximum atomic E-state index is 11.7. The van der Waals surface area contributed by atoms with Gasteiger partial charge in [0.15, 0.2) is 9.84 Å². The molecule has 1 aromatic rings. The molecule has 1 aliphatic heterocycles. The van der Waals surface area contributed by atoms with Gasteiger partial charge in [-0.1, -0.05) is 13.8 Å². The van der Waals surface area contributed by atoms with E-state index in [1.54, 1.807) is 18.3 Å². The van der Waals surface area contributed by atoms with Gasteiger partial charge in [0.25, 0.3) is 0 Å². The summed E-state index contributed by atoms with van der Waals surface area (Å²) >= 11 is 0. The van der Waals surface area contributed by atoms with E-state index < -0.39 is 9.84 Å². The van der Waals surface area contributed by atoms with Crippen molar-refractivity contribution in [2.75, 3.05) is 28.8 Å². The molecule has 0 radical (unpaired) electrons. The van der Waals surface area contributed by atoms with E-state index in [1.165, 1.54) is 0 Å². The van der Waals surface area contributed by atoms with Crippen LogP contribution in [0.1, 0.15) is 26.7 Å². The van der Waals surface area contributed by atoms with Crippen LogP contribution in [-0.4, -0.2) is 43.9 Å². The lowest BCUT2D eigenvalue weighted by Gasteiger charge is -2.24. The van der Waals surface area contributed by atoms with Gasteiger partial charge >= 0.3 is 0 Å². The third-order valence-corrected chi connectivity index (χ3v) is 5.49. The molecular weight excluding hydrogens is 302 g/mol. The van der Waals surface area contributed by atoms with Crippen LogP contribution < -0.4 is 10.2 Å². The third-order valence-electron chi connectivity index (χ3n) is 3.74. The van der Waals surface area contributed by atoms with Crippen molar-refractivity contribution in [2.45, 2.75) is 32.7 Å². The van der Waals surface area contributed by atoms with E-state index in [-0.39, 0.29) is 23.5 Å². The Kier molecular flexibility index (Phi) is 5.05. The molecule has 0 aromatic carbocycles. The van der Waals surface area contributed by atoms with Crippen LogP contribution in [0, 0.1) is 5.92 Å². The van der Waals surface area contributed by atoms with Crippen molar-refractivity contribution in [3.8, 4) is 0 Å². The van der Waals surface area contributed by atoms with Crippen molar-refractivity contribution in [3.05, 3.63) is 18.3 Å². The quantitative estimate of drug-likeness (QED) is 0.891. The van der Waals surface area contributed by atoms with Crippen molar-refractivity contribution in [1.82, 2.24) is 4.98 Å². The molecule has 0 spiro atoms. The summed E-state index contributed by atoms with van der Waals surface area (Å²) in [6.45, 7) is 3.98. The maximum absolute atomic E-state index is 11.7. The molecule has 2 rings (SSSR count). The van der Waals surface area contributed by atoms with E-state index in [1.807, 2.05) is 25.8 Å². The van der Waals surface area contributed by atoms with Gasteiger partial charge in [0.1, 0.15) is 5.82 Å². The molecular formula is C15H23N3O3S. The van der Waals surface area contributed by atoms with E-state index in [9.17, 15) is 13.2 Å². The number of rotatable bonds is 5. The maximum Gasteiger partial charge on any atom is 0.224 e. The number of aromatic nitrogens is 1. The Morgan fingerprint density at radius 1 is 1.45 bits per heavy atom. The van der Waals surface area contributed by atoms with Crippen LogP contribution in [-0.2, 0) is 14.6 Å². The highest BCUT2D eigenvalue weighted by Gasteiger charge is 2.31. The number of nitrogens with one attached hydrogen (secondary N) is 1. The highest BCUT2D eigenvalue weighted by molar-refractivity contribution is 7.91. The Morgan fingerprint density at radius 3 is 2.68 bits per heavy atom. The van der Waals surface area contributed by atoms with Crippen LogP contribution in [0.5, 0.6) is 0 Å². The average Bonchev–Trinajstić information content (AvgIpc) is 2.78. The number of hydrogen-bond donors (Lipinski definition) is 1. The summed E-state index contributed by atoms with van der Waals surface area (Å²) in [5.41, 5.74) is 0.654. The second-order valence-corrected chi connectivity index (χ2v) is 8.45. The molecule has 122 valence electrons. The second-order valence-electron chi connectivity index (χ2n) is 6.22. The average molecular weight is 325 g/mol. The summed E-state index contributed by atoms with van der Waals surface area (Å²) in [5.74, 6) is 1.41. The SMILES string of the molecule is CC(C)CC(=O)Nc1ccc(N(C)C2CCS(=O)(=O)C2)nc1. The fraction of sp³-hybridized carbons (Fsp3) is 0.600. The van der Waals surface area contributed by atoms with Crippen molar-refractivity contribution < 1.29 is 13.2 Å². The number of carbonyl (C=O) groups is 1. The van der Waals surface area contributed by atoms with E-state index in [4.69, 9.17) is 0 Å². The molecule has 1 fully saturated rings. The topological polar surface area (TPSA) is 79.4 Å². The van der Waals surface area contributed by atoms with Gasteiger partial charge < -0.3 is 10.2 Å². The van der Waals surface area contributed by atoms with Crippen molar-refractivity contribution in [1.29, 1.82) is 0 Å². The van der Waals surface area contributed by atoms with E-state index in [2.05, 4.69) is 10.3 Å². The molecule has 7 heteroatoms. The van der Waals surface area contributed by atoms with Crippen LogP contribution in [0.25, 0.3) is 0 Å². The van der Waals surface area contributed by atoms with Gasteiger partial charge in [0.05, 0.1) is 23.4 Å². The molecule has 1 aromatic heterocycles. The number of carbonyl (C=O) groups excluding carboxylic acids is 1. The third kappa shape index (κ3) is 4.43. The predicted molar refractivity (Wildman–Crippen MR) is 87.8 cm³/mol. The first-order valence-electron chi connectivity index (χ1n) is 7.46. The number of anilines is 2. The number of hydrogen-bond acceptors (Lipinski definition) is 5. The minimum absolute atomic E-state index is 0.0280. The lowest BCUT2D eigenvalue weighted by Crippen LogP contribution is -2.33. The Hall–Kier alpha value is -1.63. The molecule has 1 saturated heterocycles. The zero-order valence-electron chi connectivity index (χ0n) is 13.2. The number of sulfone groups is 1. The number of amides is 1. The smallest absolute Gasteiger partial charge is 0.224 e. The summed E-state index contributed by atoms with van der Waals surface area (Å²) in [7, 11) is -1.06. The first-order valence-corrected chi connectivity index (χ1v) is 9.28. The Morgan fingerprint density at radius 2 is 2.18 bits per heavy atom. The van der Waals surface area contributed by atoms with Crippen LogP contribution in [0.2, 0.25) is 0 Å². The summed E-state index contributed by atoms with van der Waals surface area (Å²) in [6, 6.07) is 3.56. The molecule has 6 nitrogen and oxygen atoms in total. The first-order chi connectivity index (χ1) is 10.3. The lowest BCUT2D eigenvalue weighted by molar-refractivity contribution is -0.116. The number of pyridine rings is 1. The molecule has 1 atom stereocenters. The fourth-order valence-electron chi connectivity index (χ4n) is 2.52. The van der Waals surface area contributed by atoms with Gasteiger partial charge in [-0.2, -0.15) is 0 Å².